The van der Waals surface area contributed by atoms with Crippen molar-refractivity contribution in [2.75, 3.05) is 11.9 Å². The highest BCUT2D eigenvalue weighted by atomic mass is 35.5. The molecular formula is C20H19ClN4O. The predicted molar refractivity (Wildman–Crippen MR) is 104 cm³/mol. The molecule has 3 rings (SSSR count). The Morgan fingerprint density at radius 1 is 1.04 bits per heavy atom. The van der Waals surface area contributed by atoms with Crippen molar-refractivity contribution in [3.8, 4) is 0 Å². The molecule has 0 bridgehead atoms. The fourth-order valence-corrected chi connectivity index (χ4v) is 2.62. The van der Waals surface area contributed by atoms with Gasteiger partial charge in [0.25, 0.3) is 5.91 Å². The first kappa shape index (κ1) is 17.9. The summed E-state index contributed by atoms with van der Waals surface area (Å²) in [7, 11) is 0. The average Bonchev–Trinajstić information content (AvgIpc) is 2.67. The maximum Gasteiger partial charge on any atom is 0.271 e. The van der Waals surface area contributed by atoms with Gasteiger partial charge in [-0.05, 0) is 36.6 Å². The third-order valence-corrected chi connectivity index (χ3v) is 4.37. The van der Waals surface area contributed by atoms with Crippen molar-refractivity contribution >= 4 is 29.0 Å². The molecule has 5 nitrogen and oxygen atoms in total. The summed E-state index contributed by atoms with van der Waals surface area (Å²) in [6.45, 7) is 2.47. The molecule has 0 saturated carbocycles. The van der Waals surface area contributed by atoms with Gasteiger partial charge >= 0.3 is 0 Å². The van der Waals surface area contributed by atoms with Gasteiger partial charge in [-0.3, -0.25) is 4.79 Å². The van der Waals surface area contributed by atoms with Gasteiger partial charge in [-0.2, -0.15) is 0 Å². The molecule has 0 fully saturated rings. The van der Waals surface area contributed by atoms with Gasteiger partial charge < -0.3 is 10.6 Å². The Morgan fingerprint density at radius 2 is 1.85 bits per heavy atom. The summed E-state index contributed by atoms with van der Waals surface area (Å²) in [6.07, 6.45) is 3.76. The number of carbonyl (C=O) groups is 1. The molecule has 3 aromatic rings. The van der Waals surface area contributed by atoms with Crippen molar-refractivity contribution in [3.63, 3.8) is 0 Å². The minimum absolute atomic E-state index is 0.237. The summed E-state index contributed by atoms with van der Waals surface area (Å²) in [5.74, 6) is 0.315. The van der Waals surface area contributed by atoms with Crippen LogP contribution in [-0.4, -0.2) is 22.4 Å². The predicted octanol–water partition coefficient (Wildman–Crippen LogP) is 4.15. The number of anilines is 2. The third-order valence-electron chi connectivity index (χ3n) is 3.96. The van der Waals surface area contributed by atoms with E-state index in [-0.39, 0.29) is 11.6 Å². The second kappa shape index (κ2) is 8.45. The molecule has 1 amide bonds. The van der Waals surface area contributed by atoms with Gasteiger partial charge in [0.15, 0.2) is 0 Å². The fourth-order valence-electron chi connectivity index (χ4n) is 2.45. The van der Waals surface area contributed by atoms with E-state index in [0.29, 0.717) is 17.4 Å². The molecule has 0 spiro atoms. The number of nitrogens with one attached hydrogen (secondary N) is 2. The van der Waals surface area contributed by atoms with E-state index in [0.717, 1.165) is 17.7 Å². The Balaban J connectivity index is 1.56. The van der Waals surface area contributed by atoms with E-state index in [1.54, 1.807) is 0 Å². The molecule has 0 saturated heterocycles. The van der Waals surface area contributed by atoms with Crippen molar-refractivity contribution in [2.24, 2.45) is 0 Å². The average molecular weight is 367 g/mol. The summed E-state index contributed by atoms with van der Waals surface area (Å²) in [6, 6.07) is 15.6. The highest BCUT2D eigenvalue weighted by Gasteiger charge is 2.08. The molecule has 0 radical (unpaired) electrons. The molecule has 0 atom stereocenters. The van der Waals surface area contributed by atoms with Gasteiger partial charge in [-0.1, -0.05) is 48.0 Å². The number of amides is 1. The molecule has 0 unspecified atom stereocenters. The highest BCUT2D eigenvalue weighted by Crippen LogP contribution is 2.25. The number of nitrogens with zero attached hydrogens (tertiary/aromatic N) is 2. The fraction of sp³-hybridized carbons (Fsp3) is 0.150. The summed E-state index contributed by atoms with van der Waals surface area (Å²) in [5, 5.41) is 6.69. The van der Waals surface area contributed by atoms with Crippen LogP contribution in [0.1, 0.15) is 21.6 Å². The molecule has 132 valence electrons. The normalized spacial score (nSPS) is 10.4. The van der Waals surface area contributed by atoms with Crippen LogP contribution in [0.15, 0.2) is 60.9 Å². The Labute approximate surface area is 157 Å². The number of halogens is 1. The minimum Gasteiger partial charge on any atom is -0.350 e. The van der Waals surface area contributed by atoms with Gasteiger partial charge in [0, 0.05) is 17.3 Å². The number of carbonyl (C=O) groups excluding carboxylic acids is 1. The van der Waals surface area contributed by atoms with Gasteiger partial charge in [0.2, 0.25) is 0 Å². The first-order chi connectivity index (χ1) is 12.6. The Hall–Kier alpha value is -2.92. The Morgan fingerprint density at radius 3 is 2.58 bits per heavy atom. The molecule has 0 aliphatic rings. The van der Waals surface area contributed by atoms with Gasteiger partial charge in [-0.15, -0.1) is 0 Å². The molecule has 1 aromatic heterocycles. The Bertz CT molecular complexity index is 882. The van der Waals surface area contributed by atoms with Crippen molar-refractivity contribution < 1.29 is 4.79 Å². The number of aromatic nitrogens is 2. The van der Waals surface area contributed by atoms with E-state index in [1.165, 1.54) is 18.0 Å². The van der Waals surface area contributed by atoms with Crippen molar-refractivity contribution in [3.05, 3.63) is 82.8 Å². The standard InChI is InChI=1S/C20H19ClN4O/c1-14-16(21)8-5-9-17(14)25-19-13-23-18(12-24-19)20(26)22-11-10-15-6-3-2-4-7-15/h2-9,12-13H,10-11H2,1H3,(H,22,26)(H,24,25). The maximum absolute atomic E-state index is 12.2. The number of benzene rings is 2. The zero-order valence-corrected chi connectivity index (χ0v) is 15.1. The van der Waals surface area contributed by atoms with E-state index in [1.807, 2.05) is 55.5 Å². The van der Waals surface area contributed by atoms with Crippen molar-refractivity contribution in [1.29, 1.82) is 0 Å². The smallest absolute Gasteiger partial charge is 0.271 e. The van der Waals surface area contributed by atoms with Gasteiger partial charge in [0.1, 0.15) is 11.5 Å². The first-order valence-corrected chi connectivity index (χ1v) is 8.67. The Kier molecular flexibility index (Phi) is 5.81. The highest BCUT2D eigenvalue weighted by molar-refractivity contribution is 6.31. The number of rotatable bonds is 6. The summed E-state index contributed by atoms with van der Waals surface area (Å²) in [4.78, 5) is 20.6. The van der Waals surface area contributed by atoms with Crippen LogP contribution in [0.2, 0.25) is 5.02 Å². The third kappa shape index (κ3) is 4.58. The summed E-state index contributed by atoms with van der Waals surface area (Å²) in [5.41, 5.74) is 3.24. The van der Waals surface area contributed by atoms with Crippen LogP contribution >= 0.6 is 11.6 Å². The number of hydrogen-bond acceptors (Lipinski definition) is 4. The maximum atomic E-state index is 12.2. The lowest BCUT2D eigenvalue weighted by molar-refractivity contribution is 0.0949. The monoisotopic (exact) mass is 366 g/mol. The lowest BCUT2D eigenvalue weighted by atomic mass is 10.1. The molecule has 0 aliphatic heterocycles. The second-order valence-corrected chi connectivity index (χ2v) is 6.22. The van der Waals surface area contributed by atoms with E-state index in [9.17, 15) is 4.79 Å². The quantitative estimate of drug-likeness (QED) is 0.687. The zero-order chi connectivity index (χ0) is 18.4. The van der Waals surface area contributed by atoms with E-state index in [2.05, 4.69) is 20.6 Å². The summed E-state index contributed by atoms with van der Waals surface area (Å²) >= 11 is 6.11. The van der Waals surface area contributed by atoms with Crippen LogP contribution in [0, 0.1) is 6.92 Å². The molecule has 0 aliphatic carbocycles. The van der Waals surface area contributed by atoms with E-state index < -0.39 is 0 Å². The number of hydrogen-bond donors (Lipinski definition) is 2. The van der Waals surface area contributed by atoms with Gasteiger partial charge in [0.05, 0.1) is 12.4 Å². The molecular weight excluding hydrogens is 348 g/mol. The second-order valence-electron chi connectivity index (χ2n) is 5.82. The minimum atomic E-state index is -0.237. The molecule has 1 heterocycles. The first-order valence-electron chi connectivity index (χ1n) is 8.30. The van der Waals surface area contributed by atoms with Crippen molar-refractivity contribution in [2.45, 2.75) is 13.3 Å². The van der Waals surface area contributed by atoms with E-state index in [4.69, 9.17) is 11.6 Å². The molecule has 2 N–H and O–H groups in total. The molecule has 26 heavy (non-hydrogen) atoms. The summed E-state index contributed by atoms with van der Waals surface area (Å²) < 4.78 is 0. The van der Waals surface area contributed by atoms with Crippen LogP contribution in [0.5, 0.6) is 0 Å². The van der Waals surface area contributed by atoms with Crippen LogP contribution in [0.3, 0.4) is 0 Å². The van der Waals surface area contributed by atoms with Crippen LogP contribution in [0.25, 0.3) is 0 Å². The van der Waals surface area contributed by atoms with Crippen LogP contribution < -0.4 is 10.6 Å². The van der Waals surface area contributed by atoms with Crippen molar-refractivity contribution in [1.82, 2.24) is 15.3 Å². The van der Waals surface area contributed by atoms with E-state index >= 15 is 0 Å². The largest absolute Gasteiger partial charge is 0.350 e. The lowest BCUT2D eigenvalue weighted by Gasteiger charge is -2.10. The SMILES string of the molecule is Cc1c(Cl)cccc1Nc1cnc(C(=O)NCCc2ccccc2)cn1. The topological polar surface area (TPSA) is 66.9 Å². The van der Waals surface area contributed by atoms with Crippen LogP contribution in [-0.2, 0) is 6.42 Å². The van der Waals surface area contributed by atoms with Gasteiger partial charge in [-0.25, -0.2) is 9.97 Å². The molecule has 2 aromatic carbocycles. The lowest BCUT2D eigenvalue weighted by Crippen LogP contribution is -2.26. The van der Waals surface area contributed by atoms with Crippen LogP contribution in [0.4, 0.5) is 11.5 Å². The molecule has 6 heteroatoms. The zero-order valence-electron chi connectivity index (χ0n) is 14.4.